The highest BCUT2D eigenvalue weighted by molar-refractivity contribution is 5.97. The van der Waals surface area contributed by atoms with Crippen LogP contribution in [0.2, 0.25) is 0 Å². The fourth-order valence-electron chi connectivity index (χ4n) is 2.93. The van der Waals surface area contributed by atoms with Crippen molar-refractivity contribution in [3.05, 3.63) is 29.8 Å². The van der Waals surface area contributed by atoms with Crippen LogP contribution in [0.5, 0.6) is 0 Å². The third-order valence-electron chi connectivity index (χ3n) is 4.20. The number of Topliss-reactive ketones (excluding diaryl/α,β-unsaturated/α-hetero) is 1. The van der Waals surface area contributed by atoms with Gasteiger partial charge in [-0.2, -0.15) is 0 Å². The molecule has 1 aliphatic rings. The molecule has 1 fully saturated rings. The minimum atomic E-state index is -0.0501. The molecule has 0 atom stereocenters. The van der Waals surface area contributed by atoms with Crippen LogP contribution < -0.4 is 5.32 Å². The summed E-state index contributed by atoms with van der Waals surface area (Å²) in [5, 5.41) is 2.90. The van der Waals surface area contributed by atoms with Gasteiger partial charge in [0.1, 0.15) is 0 Å². The molecule has 0 unspecified atom stereocenters. The zero-order chi connectivity index (χ0) is 16.8. The predicted octanol–water partition coefficient (Wildman–Crippen LogP) is 2.72. The van der Waals surface area contributed by atoms with Gasteiger partial charge in [-0.05, 0) is 45.7 Å². The van der Waals surface area contributed by atoms with E-state index in [1.807, 2.05) is 0 Å². The third kappa shape index (κ3) is 5.15. The summed E-state index contributed by atoms with van der Waals surface area (Å²) in [7, 11) is 0. The first kappa shape index (κ1) is 17.6. The number of benzene rings is 1. The van der Waals surface area contributed by atoms with Crippen molar-refractivity contribution < 1.29 is 14.3 Å². The van der Waals surface area contributed by atoms with Gasteiger partial charge in [-0.15, -0.1) is 0 Å². The Morgan fingerprint density at radius 2 is 2.00 bits per heavy atom. The molecule has 5 nitrogen and oxygen atoms in total. The van der Waals surface area contributed by atoms with Crippen molar-refractivity contribution in [1.82, 2.24) is 4.90 Å². The van der Waals surface area contributed by atoms with Gasteiger partial charge in [-0.25, -0.2) is 0 Å². The normalized spacial score (nSPS) is 15.9. The van der Waals surface area contributed by atoms with Crippen LogP contribution in [0, 0.1) is 0 Å². The van der Waals surface area contributed by atoms with Crippen molar-refractivity contribution in [2.24, 2.45) is 0 Å². The highest BCUT2D eigenvalue weighted by Gasteiger charge is 2.25. The average molecular weight is 318 g/mol. The lowest BCUT2D eigenvalue weighted by Crippen LogP contribution is -2.47. The number of rotatable bonds is 6. The van der Waals surface area contributed by atoms with Crippen molar-refractivity contribution in [3.63, 3.8) is 0 Å². The van der Waals surface area contributed by atoms with Crippen molar-refractivity contribution in [2.45, 2.75) is 45.7 Å². The molecule has 0 radical (unpaired) electrons. The summed E-state index contributed by atoms with van der Waals surface area (Å²) in [4.78, 5) is 26.0. The second-order valence-corrected chi connectivity index (χ2v) is 6.29. The summed E-state index contributed by atoms with van der Waals surface area (Å²) in [6, 6.07) is 7.74. The molecule has 0 spiro atoms. The lowest BCUT2D eigenvalue weighted by Gasteiger charge is -2.36. The number of hydrogen-bond donors (Lipinski definition) is 1. The Kier molecular flexibility index (Phi) is 6.30. The van der Waals surface area contributed by atoms with Gasteiger partial charge in [0.15, 0.2) is 5.78 Å². The van der Waals surface area contributed by atoms with Gasteiger partial charge in [0.25, 0.3) is 0 Å². The summed E-state index contributed by atoms with van der Waals surface area (Å²) >= 11 is 0. The SMILES string of the molecule is CC(=O)c1cccc(NC(=O)CN(C(C)C)C2CCOCC2)c1. The molecule has 1 heterocycles. The number of carbonyl (C=O) groups is 2. The first-order valence-electron chi connectivity index (χ1n) is 8.21. The molecule has 0 aromatic heterocycles. The maximum Gasteiger partial charge on any atom is 0.238 e. The van der Waals surface area contributed by atoms with Crippen LogP contribution in [-0.4, -0.2) is 48.4 Å². The molecular formula is C18H26N2O3. The van der Waals surface area contributed by atoms with E-state index >= 15 is 0 Å². The van der Waals surface area contributed by atoms with Crippen molar-refractivity contribution >= 4 is 17.4 Å². The number of nitrogens with zero attached hydrogens (tertiary/aromatic N) is 1. The molecule has 0 saturated carbocycles. The molecule has 1 aromatic rings. The number of nitrogens with one attached hydrogen (secondary N) is 1. The molecular weight excluding hydrogens is 292 g/mol. The summed E-state index contributed by atoms with van der Waals surface area (Å²) in [6.07, 6.45) is 1.93. The molecule has 2 rings (SSSR count). The molecule has 23 heavy (non-hydrogen) atoms. The molecule has 1 saturated heterocycles. The van der Waals surface area contributed by atoms with Crippen molar-refractivity contribution in [1.29, 1.82) is 0 Å². The Labute approximate surface area is 138 Å². The van der Waals surface area contributed by atoms with Gasteiger partial charge in [-0.3, -0.25) is 14.5 Å². The van der Waals surface area contributed by atoms with Gasteiger partial charge < -0.3 is 10.1 Å². The van der Waals surface area contributed by atoms with E-state index in [0.29, 0.717) is 29.9 Å². The zero-order valence-corrected chi connectivity index (χ0v) is 14.2. The van der Waals surface area contributed by atoms with Crippen LogP contribution in [0.4, 0.5) is 5.69 Å². The lowest BCUT2D eigenvalue weighted by atomic mass is 10.1. The fraction of sp³-hybridized carbons (Fsp3) is 0.556. The van der Waals surface area contributed by atoms with Crippen molar-refractivity contribution in [2.75, 3.05) is 25.1 Å². The topological polar surface area (TPSA) is 58.6 Å². The number of amides is 1. The summed E-state index contributed by atoms with van der Waals surface area (Å²) in [6.45, 7) is 7.61. The number of anilines is 1. The van der Waals surface area contributed by atoms with E-state index in [1.54, 1.807) is 24.3 Å². The van der Waals surface area contributed by atoms with Crippen LogP contribution in [0.3, 0.4) is 0 Å². The summed E-state index contributed by atoms with van der Waals surface area (Å²) < 4.78 is 5.41. The van der Waals surface area contributed by atoms with E-state index in [1.165, 1.54) is 6.92 Å². The number of hydrogen-bond acceptors (Lipinski definition) is 4. The highest BCUT2D eigenvalue weighted by Crippen LogP contribution is 2.17. The smallest absolute Gasteiger partial charge is 0.238 e. The predicted molar refractivity (Wildman–Crippen MR) is 90.8 cm³/mol. The minimum Gasteiger partial charge on any atom is -0.381 e. The van der Waals surface area contributed by atoms with Crippen LogP contribution in [0.25, 0.3) is 0 Å². The van der Waals surface area contributed by atoms with Crippen LogP contribution in [-0.2, 0) is 9.53 Å². The summed E-state index contributed by atoms with van der Waals surface area (Å²) in [5.41, 5.74) is 1.27. The largest absolute Gasteiger partial charge is 0.381 e. The van der Waals surface area contributed by atoms with Crippen LogP contribution in [0.15, 0.2) is 24.3 Å². The Hall–Kier alpha value is -1.72. The Balaban J connectivity index is 1.98. The van der Waals surface area contributed by atoms with E-state index in [2.05, 4.69) is 24.1 Å². The van der Waals surface area contributed by atoms with E-state index in [-0.39, 0.29) is 11.7 Å². The van der Waals surface area contributed by atoms with E-state index in [9.17, 15) is 9.59 Å². The zero-order valence-electron chi connectivity index (χ0n) is 14.2. The first-order valence-corrected chi connectivity index (χ1v) is 8.21. The molecule has 1 aromatic carbocycles. The molecule has 1 amide bonds. The first-order chi connectivity index (χ1) is 11.0. The maximum atomic E-state index is 12.4. The van der Waals surface area contributed by atoms with Gasteiger partial charge in [-0.1, -0.05) is 12.1 Å². The molecule has 0 bridgehead atoms. The Morgan fingerprint density at radius 1 is 1.30 bits per heavy atom. The monoisotopic (exact) mass is 318 g/mol. The highest BCUT2D eigenvalue weighted by atomic mass is 16.5. The van der Waals surface area contributed by atoms with Gasteiger partial charge in [0, 0.05) is 36.5 Å². The third-order valence-corrected chi connectivity index (χ3v) is 4.20. The van der Waals surface area contributed by atoms with Gasteiger partial charge in [0.05, 0.1) is 6.54 Å². The standard InChI is InChI=1S/C18H26N2O3/c1-13(2)20(17-7-9-23-10-8-17)12-18(22)19-16-6-4-5-15(11-16)14(3)21/h4-6,11,13,17H,7-10,12H2,1-3H3,(H,19,22). The molecule has 126 valence electrons. The molecule has 1 N–H and O–H groups in total. The van der Waals surface area contributed by atoms with Gasteiger partial charge in [0.2, 0.25) is 5.91 Å². The van der Waals surface area contributed by atoms with E-state index < -0.39 is 0 Å². The fourth-order valence-corrected chi connectivity index (χ4v) is 2.93. The van der Waals surface area contributed by atoms with E-state index in [0.717, 1.165) is 26.1 Å². The number of carbonyl (C=O) groups excluding carboxylic acids is 2. The Morgan fingerprint density at radius 3 is 2.61 bits per heavy atom. The van der Waals surface area contributed by atoms with Crippen LogP contribution in [0.1, 0.15) is 44.0 Å². The van der Waals surface area contributed by atoms with Crippen molar-refractivity contribution in [3.8, 4) is 0 Å². The quantitative estimate of drug-likeness (QED) is 0.819. The van der Waals surface area contributed by atoms with Gasteiger partial charge >= 0.3 is 0 Å². The lowest BCUT2D eigenvalue weighted by molar-refractivity contribution is -0.119. The minimum absolute atomic E-state index is 0.00730. The Bertz CT molecular complexity index is 551. The van der Waals surface area contributed by atoms with E-state index in [4.69, 9.17) is 4.74 Å². The molecule has 0 aliphatic carbocycles. The second kappa shape index (κ2) is 8.22. The molecule has 5 heteroatoms. The average Bonchev–Trinajstić information content (AvgIpc) is 2.53. The molecule has 1 aliphatic heterocycles. The second-order valence-electron chi connectivity index (χ2n) is 6.29. The number of ketones is 1. The summed E-state index contributed by atoms with van der Waals surface area (Å²) in [5.74, 6) is -0.0574. The maximum absolute atomic E-state index is 12.4. The van der Waals surface area contributed by atoms with Crippen LogP contribution >= 0.6 is 0 Å². The number of ether oxygens (including phenoxy) is 1.